The van der Waals surface area contributed by atoms with E-state index in [0.717, 1.165) is 5.75 Å². The van der Waals surface area contributed by atoms with E-state index >= 15 is 0 Å². The zero-order valence-corrected chi connectivity index (χ0v) is 6.61. The maximum absolute atomic E-state index is 10.3. The van der Waals surface area contributed by atoms with Crippen molar-refractivity contribution >= 4 is 17.7 Å². The highest BCUT2D eigenvalue weighted by atomic mass is 32.2. The zero-order chi connectivity index (χ0) is 7.82. The van der Waals surface area contributed by atoms with Gasteiger partial charge in [0.1, 0.15) is 6.61 Å². The van der Waals surface area contributed by atoms with Crippen molar-refractivity contribution in [3.63, 3.8) is 0 Å². The van der Waals surface area contributed by atoms with Crippen LogP contribution in [0, 0.1) is 0 Å². The van der Waals surface area contributed by atoms with Crippen LogP contribution in [0.1, 0.15) is 0 Å². The molecule has 0 saturated heterocycles. The van der Waals surface area contributed by atoms with Gasteiger partial charge in [0.15, 0.2) is 0 Å². The number of aliphatic hydroxyl groups is 1. The lowest BCUT2D eigenvalue weighted by atomic mass is 10.7. The molecule has 10 heavy (non-hydrogen) atoms. The van der Waals surface area contributed by atoms with Crippen molar-refractivity contribution in [1.29, 1.82) is 0 Å². The van der Waals surface area contributed by atoms with Crippen LogP contribution in [0.5, 0.6) is 0 Å². The summed E-state index contributed by atoms with van der Waals surface area (Å²) in [6, 6.07) is 0. The van der Waals surface area contributed by atoms with E-state index in [9.17, 15) is 4.79 Å². The summed E-state index contributed by atoms with van der Waals surface area (Å²) in [6.45, 7) is -0.0633. The van der Waals surface area contributed by atoms with E-state index in [1.165, 1.54) is 0 Å². The van der Waals surface area contributed by atoms with E-state index in [1.807, 2.05) is 6.26 Å². The standard InChI is InChI=1S/C5H11NO3S/c1-10-3-2-9-6-5(8)4-7/h7H,2-4H2,1H3,(H,6,8). The first-order valence-corrected chi connectivity index (χ1v) is 4.21. The number of nitrogens with one attached hydrogen (secondary N) is 1. The van der Waals surface area contributed by atoms with Crippen LogP contribution in [0.25, 0.3) is 0 Å². The molecule has 0 bridgehead atoms. The monoisotopic (exact) mass is 165 g/mol. The summed E-state index contributed by atoms with van der Waals surface area (Å²) in [4.78, 5) is 14.9. The van der Waals surface area contributed by atoms with E-state index in [0.29, 0.717) is 6.61 Å². The van der Waals surface area contributed by atoms with Crippen LogP contribution in [0.15, 0.2) is 0 Å². The number of amides is 1. The first-order chi connectivity index (χ1) is 4.81. The third-order valence-electron chi connectivity index (χ3n) is 0.719. The Balaban J connectivity index is 2.96. The molecule has 1 amide bonds. The molecule has 0 aromatic heterocycles. The van der Waals surface area contributed by atoms with Gasteiger partial charge < -0.3 is 5.11 Å². The summed E-state index contributed by atoms with van der Waals surface area (Å²) in [6.07, 6.45) is 1.94. The minimum atomic E-state index is -0.529. The number of carbonyl (C=O) groups excluding carboxylic acids is 1. The summed E-state index contributed by atoms with van der Waals surface area (Å²) < 4.78 is 0. The quantitative estimate of drug-likeness (QED) is 0.421. The van der Waals surface area contributed by atoms with Crippen LogP contribution in [-0.2, 0) is 9.63 Å². The van der Waals surface area contributed by atoms with Crippen molar-refractivity contribution in [2.45, 2.75) is 0 Å². The Morgan fingerprint density at radius 2 is 2.50 bits per heavy atom. The molecule has 0 unspecified atom stereocenters. The van der Waals surface area contributed by atoms with Crippen LogP contribution in [0.4, 0.5) is 0 Å². The SMILES string of the molecule is CSCCONC(=O)CO. The van der Waals surface area contributed by atoms with Gasteiger partial charge >= 0.3 is 0 Å². The number of carbonyl (C=O) groups is 1. The fourth-order valence-corrected chi connectivity index (χ4v) is 0.539. The molecule has 60 valence electrons. The molecule has 0 aromatic carbocycles. The fourth-order valence-electron chi connectivity index (χ4n) is 0.289. The molecule has 0 saturated carbocycles. The Morgan fingerprint density at radius 1 is 1.80 bits per heavy atom. The third kappa shape index (κ3) is 5.87. The van der Waals surface area contributed by atoms with Crippen molar-refractivity contribution in [3.05, 3.63) is 0 Å². The maximum Gasteiger partial charge on any atom is 0.269 e. The highest BCUT2D eigenvalue weighted by molar-refractivity contribution is 7.98. The molecule has 0 aromatic rings. The lowest BCUT2D eigenvalue weighted by Gasteiger charge is -2.01. The van der Waals surface area contributed by atoms with Gasteiger partial charge in [0, 0.05) is 5.75 Å². The average molecular weight is 165 g/mol. The van der Waals surface area contributed by atoms with Gasteiger partial charge in [-0.2, -0.15) is 11.8 Å². The molecule has 0 heterocycles. The van der Waals surface area contributed by atoms with E-state index in [1.54, 1.807) is 11.8 Å². The molecule has 0 fully saturated rings. The largest absolute Gasteiger partial charge is 0.386 e. The van der Waals surface area contributed by atoms with E-state index in [2.05, 4.69) is 10.3 Å². The predicted octanol–water partition coefficient (Wildman–Crippen LogP) is -0.611. The highest BCUT2D eigenvalue weighted by Gasteiger charge is 1.94. The Labute approximate surface area is 63.9 Å². The van der Waals surface area contributed by atoms with E-state index in [4.69, 9.17) is 5.11 Å². The minimum absolute atomic E-state index is 0.465. The van der Waals surface area contributed by atoms with E-state index < -0.39 is 12.5 Å². The molecular weight excluding hydrogens is 154 g/mol. The van der Waals surface area contributed by atoms with Gasteiger partial charge in [-0.05, 0) is 6.26 Å². The number of hydroxylamine groups is 1. The summed E-state index contributed by atoms with van der Waals surface area (Å²) in [7, 11) is 0. The van der Waals surface area contributed by atoms with Gasteiger partial charge in [-0.25, -0.2) is 5.48 Å². The highest BCUT2D eigenvalue weighted by Crippen LogP contribution is 1.88. The summed E-state index contributed by atoms with van der Waals surface area (Å²) in [5.74, 6) is 0.312. The second-order valence-electron chi connectivity index (χ2n) is 1.52. The number of hydrogen-bond donors (Lipinski definition) is 2. The number of hydrogen-bond acceptors (Lipinski definition) is 4. The molecule has 5 heteroatoms. The summed E-state index contributed by atoms with van der Waals surface area (Å²) in [5, 5.41) is 8.19. The molecule has 0 spiro atoms. The molecule has 4 nitrogen and oxygen atoms in total. The molecule has 0 aliphatic carbocycles. The molecule has 0 aliphatic rings. The molecule has 0 aliphatic heterocycles. The molecular formula is C5H11NO3S. The summed E-state index contributed by atoms with van der Waals surface area (Å²) >= 11 is 1.62. The van der Waals surface area contributed by atoms with Gasteiger partial charge in [0.2, 0.25) is 0 Å². The Morgan fingerprint density at radius 3 is 3.00 bits per heavy atom. The lowest BCUT2D eigenvalue weighted by molar-refractivity contribution is -0.135. The Kier molecular flexibility index (Phi) is 6.68. The number of rotatable bonds is 5. The van der Waals surface area contributed by atoms with Crippen LogP contribution >= 0.6 is 11.8 Å². The van der Waals surface area contributed by atoms with Crippen molar-refractivity contribution < 1.29 is 14.7 Å². The maximum atomic E-state index is 10.3. The number of thioether (sulfide) groups is 1. The van der Waals surface area contributed by atoms with Gasteiger partial charge in [0.05, 0.1) is 6.61 Å². The third-order valence-corrected chi connectivity index (χ3v) is 1.29. The molecule has 0 atom stereocenters. The second-order valence-corrected chi connectivity index (χ2v) is 2.51. The second kappa shape index (κ2) is 6.85. The topological polar surface area (TPSA) is 58.6 Å². The van der Waals surface area contributed by atoms with Crippen molar-refractivity contribution in [1.82, 2.24) is 5.48 Å². The van der Waals surface area contributed by atoms with Crippen LogP contribution in [-0.4, -0.2) is 36.2 Å². The van der Waals surface area contributed by atoms with Crippen molar-refractivity contribution in [3.8, 4) is 0 Å². The normalized spacial score (nSPS) is 9.40. The van der Waals surface area contributed by atoms with Crippen LogP contribution in [0.2, 0.25) is 0 Å². The molecule has 0 rings (SSSR count). The first-order valence-electron chi connectivity index (χ1n) is 2.81. The van der Waals surface area contributed by atoms with Crippen molar-refractivity contribution in [2.75, 3.05) is 25.2 Å². The summed E-state index contributed by atoms with van der Waals surface area (Å²) in [5.41, 5.74) is 2.06. The predicted molar refractivity (Wildman–Crippen MR) is 39.6 cm³/mol. The smallest absolute Gasteiger partial charge is 0.269 e. The average Bonchev–Trinajstić information content (AvgIpc) is 1.98. The molecule has 0 radical (unpaired) electrons. The van der Waals surface area contributed by atoms with Gasteiger partial charge in [-0.1, -0.05) is 0 Å². The Hall–Kier alpha value is -0.260. The van der Waals surface area contributed by atoms with Gasteiger partial charge in [-0.15, -0.1) is 0 Å². The van der Waals surface area contributed by atoms with Crippen molar-refractivity contribution in [2.24, 2.45) is 0 Å². The van der Waals surface area contributed by atoms with Gasteiger partial charge in [-0.3, -0.25) is 9.63 Å². The van der Waals surface area contributed by atoms with Gasteiger partial charge in [0.25, 0.3) is 5.91 Å². The van der Waals surface area contributed by atoms with E-state index in [-0.39, 0.29) is 0 Å². The zero-order valence-electron chi connectivity index (χ0n) is 5.79. The lowest BCUT2D eigenvalue weighted by Crippen LogP contribution is -2.27. The molecule has 2 N–H and O–H groups in total. The minimum Gasteiger partial charge on any atom is -0.386 e. The van der Waals surface area contributed by atoms with Crippen LogP contribution in [0.3, 0.4) is 0 Å². The Bertz CT molecular complexity index is 98.9. The fraction of sp³-hybridized carbons (Fsp3) is 0.800. The first kappa shape index (κ1) is 9.74. The number of aliphatic hydroxyl groups excluding tert-OH is 1. The van der Waals surface area contributed by atoms with Crippen LogP contribution < -0.4 is 5.48 Å².